The van der Waals surface area contributed by atoms with E-state index in [0.29, 0.717) is 17.8 Å². The van der Waals surface area contributed by atoms with Gasteiger partial charge in [0.2, 0.25) is 5.43 Å². The molecule has 1 aliphatic carbocycles. The van der Waals surface area contributed by atoms with Crippen LogP contribution in [0.25, 0.3) is 0 Å². The number of hydrogen-bond acceptors (Lipinski definition) is 6. The average Bonchev–Trinajstić information content (AvgIpc) is 2.83. The number of hydrogen-bond donors (Lipinski definition) is 3. The summed E-state index contributed by atoms with van der Waals surface area (Å²) >= 11 is 0. The molecule has 1 aromatic carbocycles. The van der Waals surface area contributed by atoms with E-state index in [1.807, 2.05) is 0 Å². The molecule has 4 rings (SSSR count). The maximum absolute atomic E-state index is 13.9. The molecule has 1 atom stereocenters. The van der Waals surface area contributed by atoms with Gasteiger partial charge in [-0.15, -0.1) is 0 Å². The predicted molar refractivity (Wildman–Crippen MR) is 124 cm³/mol. The van der Waals surface area contributed by atoms with Crippen LogP contribution in [0, 0.1) is 22.9 Å². The van der Waals surface area contributed by atoms with Crippen molar-refractivity contribution in [3.8, 4) is 5.75 Å². The number of amides is 2. The third kappa shape index (κ3) is 4.69. The fourth-order valence-corrected chi connectivity index (χ4v) is 3.83. The highest BCUT2D eigenvalue weighted by Gasteiger charge is 2.32. The summed E-state index contributed by atoms with van der Waals surface area (Å²) in [7, 11) is 1.17. The number of carbonyl (C=O) groups excluding carboxylic acids is 2. The first-order valence-electron chi connectivity index (χ1n) is 10.7. The number of carbonyl (C=O) groups is 2. The van der Waals surface area contributed by atoms with Crippen LogP contribution in [0.4, 0.5) is 13.2 Å². The second-order valence-corrected chi connectivity index (χ2v) is 7.91. The first-order chi connectivity index (χ1) is 17.2. The molecule has 1 aromatic heterocycles. The topological polar surface area (TPSA) is 126 Å². The number of allylic oxidation sites excluding steroid dienone is 4. The van der Waals surface area contributed by atoms with Crippen molar-refractivity contribution in [3.05, 3.63) is 87.1 Å². The molecule has 186 valence electrons. The van der Waals surface area contributed by atoms with Crippen LogP contribution in [-0.2, 0) is 6.54 Å². The molecule has 0 bridgehead atoms. The number of fused-ring (bicyclic) bond motifs is 1. The van der Waals surface area contributed by atoms with E-state index in [2.05, 4.69) is 15.6 Å². The molecule has 0 saturated carbocycles. The molecule has 0 spiro atoms. The van der Waals surface area contributed by atoms with Gasteiger partial charge in [-0.1, -0.05) is 12.2 Å². The van der Waals surface area contributed by atoms with Gasteiger partial charge in [0, 0.05) is 37.0 Å². The van der Waals surface area contributed by atoms with Gasteiger partial charge < -0.3 is 19.9 Å². The SMILES string of the molecule is COc1c2n(cc(C(=O)NCc3c(F)cc(F)cc3F)c1=O)[C@@H](CN=C1C=CC=CC1=N)CNC2=O. The number of aromatic nitrogens is 1. The van der Waals surface area contributed by atoms with E-state index < -0.39 is 58.4 Å². The molecule has 12 heteroatoms. The Morgan fingerprint density at radius 1 is 1.22 bits per heavy atom. The van der Waals surface area contributed by atoms with E-state index >= 15 is 0 Å². The number of benzene rings is 1. The maximum atomic E-state index is 13.9. The Morgan fingerprint density at radius 2 is 1.92 bits per heavy atom. The number of rotatable bonds is 6. The van der Waals surface area contributed by atoms with Crippen LogP contribution in [0.1, 0.15) is 32.5 Å². The Morgan fingerprint density at radius 3 is 2.58 bits per heavy atom. The molecule has 2 aliphatic rings. The van der Waals surface area contributed by atoms with Gasteiger partial charge in [-0.2, -0.15) is 0 Å². The van der Waals surface area contributed by atoms with Crippen molar-refractivity contribution in [2.75, 3.05) is 20.2 Å². The largest absolute Gasteiger partial charge is 0.491 e. The summed E-state index contributed by atoms with van der Waals surface area (Å²) in [5, 5.41) is 12.8. The Kier molecular flexibility index (Phi) is 6.86. The van der Waals surface area contributed by atoms with Crippen LogP contribution in [0.15, 0.2) is 52.4 Å². The summed E-state index contributed by atoms with van der Waals surface area (Å²) in [4.78, 5) is 42.8. The summed E-state index contributed by atoms with van der Waals surface area (Å²) < 4.78 is 47.6. The van der Waals surface area contributed by atoms with E-state index in [9.17, 15) is 27.6 Å². The molecule has 36 heavy (non-hydrogen) atoms. The lowest BCUT2D eigenvalue weighted by atomic mass is 10.1. The Labute approximate surface area is 202 Å². The van der Waals surface area contributed by atoms with Crippen LogP contribution < -0.4 is 20.8 Å². The Balaban J connectivity index is 1.67. The lowest BCUT2D eigenvalue weighted by molar-refractivity contribution is 0.0900. The lowest BCUT2D eigenvalue weighted by Crippen LogP contribution is -2.43. The highest BCUT2D eigenvalue weighted by molar-refractivity contribution is 6.50. The highest BCUT2D eigenvalue weighted by atomic mass is 19.1. The van der Waals surface area contributed by atoms with E-state index in [1.54, 1.807) is 24.3 Å². The fraction of sp³-hybridized carbons (Fsp3) is 0.208. The van der Waals surface area contributed by atoms with E-state index in [0.717, 1.165) is 0 Å². The molecular formula is C24H20F3N5O4. The van der Waals surface area contributed by atoms with Gasteiger partial charge in [-0.05, 0) is 12.2 Å². The molecule has 2 amide bonds. The van der Waals surface area contributed by atoms with E-state index in [-0.39, 0.29) is 30.2 Å². The minimum atomic E-state index is -1.19. The standard InChI is InChI=1S/C24H20F3N5O4/c1-36-22-20-24(35)30-9-13(8-29-19-5-3-2-4-18(19)28)32(20)11-15(21(22)33)23(34)31-10-14-16(26)6-12(25)7-17(14)27/h2-7,11,13,28H,8-10H2,1H3,(H,30,35)(H,31,34)/t13-/m0/s1. The first kappa shape index (κ1) is 24.6. The molecule has 9 nitrogen and oxygen atoms in total. The fourth-order valence-electron chi connectivity index (χ4n) is 3.83. The first-order valence-corrected chi connectivity index (χ1v) is 10.7. The van der Waals surface area contributed by atoms with E-state index in [1.165, 1.54) is 17.9 Å². The third-order valence-corrected chi connectivity index (χ3v) is 5.66. The van der Waals surface area contributed by atoms with Crippen molar-refractivity contribution in [2.24, 2.45) is 4.99 Å². The normalized spacial score (nSPS) is 17.7. The molecule has 1 aliphatic heterocycles. The molecule has 0 fully saturated rings. The molecule has 0 unspecified atom stereocenters. The van der Waals surface area contributed by atoms with Crippen LogP contribution in [0.5, 0.6) is 5.75 Å². The quantitative estimate of drug-likeness (QED) is 0.526. The van der Waals surface area contributed by atoms with Gasteiger partial charge in [0.15, 0.2) is 11.4 Å². The monoisotopic (exact) mass is 499 g/mol. The van der Waals surface area contributed by atoms with Gasteiger partial charge in [0.1, 0.15) is 23.0 Å². The van der Waals surface area contributed by atoms with Gasteiger partial charge >= 0.3 is 0 Å². The van der Waals surface area contributed by atoms with Crippen molar-refractivity contribution in [1.82, 2.24) is 15.2 Å². The molecule has 2 heterocycles. The van der Waals surface area contributed by atoms with Gasteiger partial charge in [-0.25, -0.2) is 13.2 Å². The molecule has 0 saturated heterocycles. The summed E-state index contributed by atoms with van der Waals surface area (Å²) in [5.74, 6) is -5.45. The summed E-state index contributed by atoms with van der Waals surface area (Å²) in [6.07, 6.45) is 7.82. The number of ether oxygens (including phenoxy) is 1. The Bertz CT molecular complexity index is 1400. The number of pyridine rings is 1. The minimum absolute atomic E-state index is 0.0995. The molecule has 2 aromatic rings. The Hall–Kier alpha value is -4.48. The number of aliphatic imine (C=N–C) groups is 1. The zero-order chi connectivity index (χ0) is 26.0. The van der Waals surface area contributed by atoms with Crippen LogP contribution in [-0.4, -0.2) is 48.0 Å². The number of nitrogens with zero attached hydrogens (tertiary/aromatic N) is 2. The molecular weight excluding hydrogens is 479 g/mol. The lowest BCUT2D eigenvalue weighted by Gasteiger charge is -2.29. The van der Waals surface area contributed by atoms with Crippen molar-refractivity contribution >= 4 is 23.2 Å². The zero-order valence-electron chi connectivity index (χ0n) is 18.9. The minimum Gasteiger partial charge on any atom is -0.491 e. The smallest absolute Gasteiger partial charge is 0.272 e. The number of halogens is 3. The van der Waals surface area contributed by atoms with Crippen LogP contribution >= 0.6 is 0 Å². The molecule has 0 radical (unpaired) electrons. The summed E-state index contributed by atoms with van der Waals surface area (Å²) in [6.45, 7) is -0.434. The van der Waals surface area contributed by atoms with Crippen molar-refractivity contribution in [1.29, 1.82) is 5.41 Å². The van der Waals surface area contributed by atoms with E-state index in [4.69, 9.17) is 10.1 Å². The number of nitrogens with one attached hydrogen (secondary N) is 3. The van der Waals surface area contributed by atoms with Crippen molar-refractivity contribution in [2.45, 2.75) is 12.6 Å². The van der Waals surface area contributed by atoms with Gasteiger partial charge in [-0.3, -0.25) is 24.8 Å². The van der Waals surface area contributed by atoms with Crippen LogP contribution in [0.3, 0.4) is 0 Å². The predicted octanol–water partition coefficient (Wildman–Crippen LogP) is 2.08. The van der Waals surface area contributed by atoms with Crippen molar-refractivity contribution < 1.29 is 27.5 Å². The van der Waals surface area contributed by atoms with Crippen LogP contribution in [0.2, 0.25) is 0 Å². The third-order valence-electron chi connectivity index (χ3n) is 5.66. The summed E-state index contributed by atoms with van der Waals surface area (Å²) in [5.41, 5.74) is -1.40. The molecule has 3 N–H and O–H groups in total. The van der Waals surface area contributed by atoms with Crippen molar-refractivity contribution in [3.63, 3.8) is 0 Å². The number of methoxy groups -OCH3 is 1. The second kappa shape index (κ2) is 10.0. The zero-order valence-corrected chi connectivity index (χ0v) is 18.9. The maximum Gasteiger partial charge on any atom is 0.272 e. The van der Waals surface area contributed by atoms with Gasteiger partial charge in [0.05, 0.1) is 31.1 Å². The highest BCUT2D eigenvalue weighted by Crippen LogP contribution is 2.24. The summed E-state index contributed by atoms with van der Waals surface area (Å²) in [6, 6.07) is 0.414. The average molecular weight is 499 g/mol. The second-order valence-electron chi connectivity index (χ2n) is 7.91. The van der Waals surface area contributed by atoms with Gasteiger partial charge in [0.25, 0.3) is 11.8 Å².